The summed E-state index contributed by atoms with van der Waals surface area (Å²) in [6.07, 6.45) is 2.36. The van der Waals surface area contributed by atoms with Crippen molar-refractivity contribution in [3.63, 3.8) is 0 Å². The zero-order valence-corrected chi connectivity index (χ0v) is 11.5. The average molecular weight is 244 g/mol. The summed E-state index contributed by atoms with van der Waals surface area (Å²) in [6.45, 7) is 6.64. The summed E-state index contributed by atoms with van der Waals surface area (Å²) in [7, 11) is 3.93. The van der Waals surface area contributed by atoms with E-state index in [1.54, 1.807) is 7.11 Å². The summed E-state index contributed by atoms with van der Waals surface area (Å²) in [5.74, 6) is 1.24. The monoisotopic (exact) mass is 244 g/mol. The highest BCUT2D eigenvalue weighted by molar-refractivity contribution is 4.78. The number of methoxy groups -OCH3 is 1. The minimum atomic E-state index is 0.415. The van der Waals surface area contributed by atoms with Crippen molar-refractivity contribution in [1.82, 2.24) is 4.90 Å². The van der Waals surface area contributed by atoms with E-state index in [4.69, 9.17) is 15.2 Å². The summed E-state index contributed by atoms with van der Waals surface area (Å²) < 4.78 is 10.6. The fourth-order valence-electron chi connectivity index (χ4n) is 2.69. The first-order valence-electron chi connectivity index (χ1n) is 6.66. The smallest absolute Gasteiger partial charge is 0.0503 e. The molecule has 2 N–H and O–H groups in total. The van der Waals surface area contributed by atoms with Gasteiger partial charge in [0.15, 0.2) is 0 Å². The molecule has 1 heterocycles. The molecule has 2 unspecified atom stereocenters. The van der Waals surface area contributed by atoms with Crippen LogP contribution in [0.25, 0.3) is 0 Å². The van der Waals surface area contributed by atoms with Gasteiger partial charge in [-0.15, -0.1) is 0 Å². The maximum absolute atomic E-state index is 5.89. The van der Waals surface area contributed by atoms with Crippen LogP contribution in [0, 0.1) is 11.8 Å². The molecule has 0 bridgehead atoms. The average Bonchev–Trinajstić information content (AvgIpc) is 2.31. The van der Waals surface area contributed by atoms with Crippen LogP contribution in [0.5, 0.6) is 0 Å². The van der Waals surface area contributed by atoms with Crippen LogP contribution < -0.4 is 5.73 Å². The predicted molar refractivity (Wildman–Crippen MR) is 70.1 cm³/mol. The summed E-state index contributed by atoms with van der Waals surface area (Å²) >= 11 is 0. The quantitative estimate of drug-likeness (QED) is 0.724. The molecular weight excluding hydrogens is 216 g/mol. The van der Waals surface area contributed by atoms with Gasteiger partial charge in [-0.3, -0.25) is 0 Å². The minimum Gasteiger partial charge on any atom is -0.384 e. The molecule has 1 fully saturated rings. The number of likely N-dealkylation sites (N-methyl/N-ethyl adjacent to an activating group) is 1. The second-order valence-corrected chi connectivity index (χ2v) is 5.23. The second kappa shape index (κ2) is 8.03. The van der Waals surface area contributed by atoms with Crippen LogP contribution in [0.4, 0.5) is 0 Å². The van der Waals surface area contributed by atoms with E-state index in [-0.39, 0.29) is 0 Å². The van der Waals surface area contributed by atoms with Gasteiger partial charge in [-0.1, -0.05) is 6.92 Å². The predicted octanol–water partition coefficient (Wildman–Crippen LogP) is 0.955. The largest absolute Gasteiger partial charge is 0.384 e. The number of hydrogen-bond donors (Lipinski definition) is 1. The van der Waals surface area contributed by atoms with E-state index in [9.17, 15) is 0 Å². The first kappa shape index (κ1) is 14.9. The van der Waals surface area contributed by atoms with Crippen LogP contribution in [0.3, 0.4) is 0 Å². The van der Waals surface area contributed by atoms with Gasteiger partial charge in [0, 0.05) is 39.5 Å². The minimum absolute atomic E-state index is 0.415. The molecule has 0 aromatic heterocycles. The molecule has 1 saturated heterocycles. The maximum atomic E-state index is 5.89. The zero-order valence-electron chi connectivity index (χ0n) is 11.5. The van der Waals surface area contributed by atoms with Gasteiger partial charge in [-0.05, 0) is 31.7 Å². The Morgan fingerprint density at radius 1 is 1.41 bits per heavy atom. The van der Waals surface area contributed by atoms with Crippen molar-refractivity contribution < 1.29 is 9.47 Å². The van der Waals surface area contributed by atoms with Gasteiger partial charge in [-0.25, -0.2) is 0 Å². The molecule has 4 heteroatoms. The molecule has 4 nitrogen and oxygen atoms in total. The molecule has 1 aliphatic heterocycles. The van der Waals surface area contributed by atoms with Crippen LogP contribution in [0.2, 0.25) is 0 Å². The van der Waals surface area contributed by atoms with Crippen molar-refractivity contribution in [2.24, 2.45) is 17.6 Å². The first-order chi connectivity index (χ1) is 8.19. The Kier molecular flexibility index (Phi) is 7.04. The zero-order chi connectivity index (χ0) is 12.7. The van der Waals surface area contributed by atoms with Gasteiger partial charge in [0.05, 0.1) is 6.61 Å². The van der Waals surface area contributed by atoms with Gasteiger partial charge < -0.3 is 20.1 Å². The summed E-state index contributed by atoms with van der Waals surface area (Å²) in [5.41, 5.74) is 5.89. The maximum Gasteiger partial charge on any atom is 0.0503 e. The summed E-state index contributed by atoms with van der Waals surface area (Å²) in [4.78, 5) is 2.40. The van der Waals surface area contributed by atoms with Crippen molar-refractivity contribution in [2.75, 3.05) is 47.1 Å². The fraction of sp³-hybridized carbons (Fsp3) is 1.00. The molecule has 2 atom stereocenters. The first-order valence-corrected chi connectivity index (χ1v) is 6.66. The third kappa shape index (κ3) is 4.92. The van der Waals surface area contributed by atoms with Crippen LogP contribution in [0.15, 0.2) is 0 Å². The highest BCUT2D eigenvalue weighted by Gasteiger charge is 2.23. The van der Waals surface area contributed by atoms with Crippen LogP contribution in [-0.4, -0.2) is 58.0 Å². The number of nitrogens with zero attached hydrogens (tertiary/aromatic N) is 1. The van der Waals surface area contributed by atoms with E-state index in [1.807, 2.05) is 0 Å². The molecule has 0 radical (unpaired) electrons. The molecule has 0 aliphatic carbocycles. The van der Waals surface area contributed by atoms with E-state index in [0.29, 0.717) is 18.5 Å². The topological polar surface area (TPSA) is 47.7 Å². The van der Waals surface area contributed by atoms with Crippen LogP contribution in [0.1, 0.15) is 19.8 Å². The number of ether oxygens (including phenoxy) is 2. The molecule has 102 valence electrons. The molecular formula is C13H28N2O2. The van der Waals surface area contributed by atoms with Gasteiger partial charge in [-0.2, -0.15) is 0 Å². The summed E-state index contributed by atoms with van der Waals surface area (Å²) in [5, 5.41) is 0. The van der Waals surface area contributed by atoms with Gasteiger partial charge >= 0.3 is 0 Å². The highest BCUT2D eigenvalue weighted by Crippen LogP contribution is 2.18. The molecule has 0 aromatic carbocycles. The molecule has 0 spiro atoms. The van der Waals surface area contributed by atoms with Crippen molar-refractivity contribution in [1.29, 1.82) is 0 Å². The van der Waals surface area contributed by atoms with Gasteiger partial charge in [0.25, 0.3) is 0 Å². The van der Waals surface area contributed by atoms with Crippen LogP contribution >= 0.6 is 0 Å². The lowest BCUT2D eigenvalue weighted by molar-refractivity contribution is 0.0396. The number of rotatable bonds is 7. The fourth-order valence-corrected chi connectivity index (χ4v) is 2.69. The SMILES string of the molecule is COCC(C)C(CN)N(C)CC1CCOCC1. The lowest BCUT2D eigenvalue weighted by Crippen LogP contribution is -2.46. The molecule has 0 amide bonds. The van der Waals surface area contributed by atoms with Gasteiger partial charge in [0.2, 0.25) is 0 Å². The normalized spacial score (nSPS) is 21.7. The van der Waals surface area contributed by atoms with Crippen molar-refractivity contribution in [3.8, 4) is 0 Å². The van der Waals surface area contributed by atoms with E-state index in [2.05, 4.69) is 18.9 Å². The second-order valence-electron chi connectivity index (χ2n) is 5.23. The Morgan fingerprint density at radius 3 is 2.59 bits per heavy atom. The third-order valence-electron chi connectivity index (χ3n) is 3.78. The summed E-state index contributed by atoms with van der Waals surface area (Å²) in [6, 6.07) is 0.415. The van der Waals surface area contributed by atoms with Crippen LogP contribution in [-0.2, 0) is 9.47 Å². The van der Waals surface area contributed by atoms with Crippen molar-refractivity contribution in [2.45, 2.75) is 25.8 Å². The Labute approximate surface area is 105 Å². The van der Waals surface area contributed by atoms with Crippen molar-refractivity contribution >= 4 is 0 Å². The molecule has 0 saturated carbocycles. The molecule has 17 heavy (non-hydrogen) atoms. The molecule has 0 aromatic rings. The Balaban J connectivity index is 2.38. The number of hydrogen-bond acceptors (Lipinski definition) is 4. The Bertz CT molecular complexity index is 196. The van der Waals surface area contributed by atoms with Crippen molar-refractivity contribution in [3.05, 3.63) is 0 Å². The standard InChI is InChI=1S/C13H28N2O2/c1-11(10-16-3)13(8-14)15(2)9-12-4-6-17-7-5-12/h11-13H,4-10,14H2,1-3H3. The van der Waals surface area contributed by atoms with E-state index < -0.39 is 0 Å². The highest BCUT2D eigenvalue weighted by atomic mass is 16.5. The number of nitrogens with two attached hydrogens (primary N) is 1. The molecule has 1 rings (SSSR count). The van der Waals surface area contributed by atoms with E-state index in [1.165, 1.54) is 12.8 Å². The Hall–Kier alpha value is -0.160. The lowest BCUT2D eigenvalue weighted by atomic mass is 9.96. The molecule has 1 aliphatic rings. The van der Waals surface area contributed by atoms with E-state index in [0.717, 1.165) is 32.3 Å². The van der Waals surface area contributed by atoms with E-state index >= 15 is 0 Å². The third-order valence-corrected chi connectivity index (χ3v) is 3.78. The Morgan fingerprint density at radius 2 is 2.06 bits per heavy atom. The lowest BCUT2D eigenvalue weighted by Gasteiger charge is -2.35. The van der Waals surface area contributed by atoms with Gasteiger partial charge in [0.1, 0.15) is 0 Å².